The molecule has 2 aliphatic heterocycles. The minimum absolute atomic E-state index is 0.0980. The van der Waals surface area contributed by atoms with Crippen LogP contribution in [0.2, 0.25) is 0 Å². The van der Waals surface area contributed by atoms with E-state index >= 15 is 0 Å². The van der Waals surface area contributed by atoms with E-state index in [9.17, 15) is 9.59 Å². The van der Waals surface area contributed by atoms with Crippen LogP contribution in [0, 0.1) is 0 Å². The zero-order chi connectivity index (χ0) is 18.0. The molecule has 0 aromatic heterocycles. The fourth-order valence-corrected chi connectivity index (χ4v) is 2.89. The van der Waals surface area contributed by atoms with E-state index in [1.54, 1.807) is 23.1 Å². The zero-order valence-corrected chi connectivity index (χ0v) is 14.8. The molecule has 3 rings (SSSR count). The lowest BCUT2D eigenvalue weighted by Crippen LogP contribution is -2.50. The fraction of sp³-hybridized carbons (Fsp3) is 0.556. The van der Waals surface area contributed by atoms with Gasteiger partial charge in [0, 0.05) is 24.7 Å². The van der Waals surface area contributed by atoms with E-state index in [0.29, 0.717) is 30.2 Å². The second-order valence-corrected chi connectivity index (χ2v) is 7.31. The molecule has 25 heavy (non-hydrogen) atoms. The van der Waals surface area contributed by atoms with Crippen LogP contribution in [0.3, 0.4) is 0 Å². The Kier molecular flexibility index (Phi) is 4.74. The molecule has 0 radical (unpaired) electrons. The first-order valence-corrected chi connectivity index (χ1v) is 8.50. The van der Waals surface area contributed by atoms with E-state index in [-0.39, 0.29) is 24.8 Å². The number of carbonyl (C=O) groups is 2. The number of likely N-dealkylation sites (tertiary alicyclic amines) is 1. The molecular weight excluding hydrogens is 324 g/mol. The number of carbonyl (C=O) groups excluding carboxylic acids is 2. The predicted octanol–water partition coefficient (Wildman–Crippen LogP) is 2.54. The summed E-state index contributed by atoms with van der Waals surface area (Å²) < 4.78 is 16.0. The summed E-state index contributed by atoms with van der Waals surface area (Å²) in [6.45, 7) is 6.79. The Hall–Kier alpha value is -2.44. The number of amides is 2. The van der Waals surface area contributed by atoms with Crippen molar-refractivity contribution < 1.29 is 23.8 Å². The Bertz CT molecular complexity index is 668. The van der Waals surface area contributed by atoms with Gasteiger partial charge in [0.15, 0.2) is 11.5 Å². The third-order valence-electron chi connectivity index (χ3n) is 4.04. The average Bonchev–Trinajstić information content (AvgIpc) is 3.01. The predicted molar refractivity (Wildman–Crippen MR) is 90.9 cm³/mol. The van der Waals surface area contributed by atoms with Crippen molar-refractivity contribution in [2.45, 2.75) is 45.3 Å². The molecule has 1 atom stereocenters. The number of nitrogens with zero attached hydrogens (tertiary/aromatic N) is 1. The lowest BCUT2D eigenvalue weighted by molar-refractivity contribution is 0.0185. The molecule has 0 aliphatic carbocycles. The van der Waals surface area contributed by atoms with Gasteiger partial charge in [-0.25, -0.2) is 4.79 Å². The first-order valence-electron chi connectivity index (χ1n) is 8.50. The molecule has 0 bridgehead atoms. The monoisotopic (exact) mass is 348 g/mol. The van der Waals surface area contributed by atoms with Gasteiger partial charge in [-0.2, -0.15) is 0 Å². The summed E-state index contributed by atoms with van der Waals surface area (Å²) in [7, 11) is 0. The maximum Gasteiger partial charge on any atom is 0.410 e. The van der Waals surface area contributed by atoms with Crippen LogP contribution < -0.4 is 14.8 Å². The molecule has 0 unspecified atom stereocenters. The highest BCUT2D eigenvalue weighted by Gasteiger charge is 2.28. The molecule has 1 saturated heterocycles. The quantitative estimate of drug-likeness (QED) is 0.889. The molecule has 1 aromatic rings. The van der Waals surface area contributed by atoms with Crippen LogP contribution >= 0.6 is 0 Å². The molecule has 2 amide bonds. The highest BCUT2D eigenvalue weighted by molar-refractivity contribution is 5.95. The Morgan fingerprint density at radius 3 is 2.76 bits per heavy atom. The van der Waals surface area contributed by atoms with Gasteiger partial charge in [-0.1, -0.05) is 0 Å². The molecule has 1 aromatic carbocycles. The smallest absolute Gasteiger partial charge is 0.410 e. The van der Waals surface area contributed by atoms with Crippen LogP contribution in [0.15, 0.2) is 18.2 Å². The standard InChI is InChI=1S/C18H24N2O5/c1-18(2,3)25-17(22)20-8-4-5-13(10-20)19-16(21)12-6-7-14-15(9-12)24-11-23-14/h6-7,9,13H,4-5,8,10-11H2,1-3H3,(H,19,21)/t13-/m0/s1. The summed E-state index contributed by atoms with van der Waals surface area (Å²) in [6, 6.07) is 5.01. The molecule has 1 N–H and O–H groups in total. The van der Waals surface area contributed by atoms with Crippen molar-refractivity contribution >= 4 is 12.0 Å². The molecule has 0 saturated carbocycles. The lowest BCUT2D eigenvalue weighted by atomic mass is 10.1. The van der Waals surface area contributed by atoms with Gasteiger partial charge in [-0.05, 0) is 51.8 Å². The number of hydrogen-bond acceptors (Lipinski definition) is 5. The van der Waals surface area contributed by atoms with Crippen molar-refractivity contribution in [2.75, 3.05) is 19.9 Å². The summed E-state index contributed by atoms with van der Waals surface area (Å²) in [5, 5.41) is 2.99. The number of fused-ring (bicyclic) bond motifs is 1. The number of benzene rings is 1. The van der Waals surface area contributed by atoms with E-state index in [4.69, 9.17) is 14.2 Å². The molecule has 2 heterocycles. The van der Waals surface area contributed by atoms with Crippen molar-refractivity contribution in [1.29, 1.82) is 0 Å². The summed E-state index contributed by atoms with van der Waals surface area (Å²) in [5.41, 5.74) is -0.0154. The SMILES string of the molecule is CC(C)(C)OC(=O)N1CCC[C@H](NC(=O)c2ccc3c(c2)OCO3)C1. The van der Waals surface area contributed by atoms with Crippen molar-refractivity contribution in [2.24, 2.45) is 0 Å². The van der Waals surface area contributed by atoms with Gasteiger partial charge in [0.05, 0.1) is 0 Å². The van der Waals surface area contributed by atoms with Gasteiger partial charge in [0.2, 0.25) is 6.79 Å². The highest BCUT2D eigenvalue weighted by Crippen LogP contribution is 2.32. The minimum Gasteiger partial charge on any atom is -0.454 e. The van der Waals surface area contributed by atoms with Crippen LogP contribution in [0.1, 0.15) is 44.0 Å². The third kappa shape index (κ3) is 4.35. The molecule has 1 fully saturated rings. The molecule has 2 aliphatic rings. The Labute approximate surface area is 147 Å². The van der Waals surface area contributed by atoms with E-state index in [1.165, 1.54) is 0 Å². The summed E-state index contributed by atoms with van der Waals surface area (Å²) >= 11 is 0. The molecule has 0 spiro atoms. The van der Waals surface area contributed by atoms with E-state index in [1.807, 2.05) is 20.8 Å². The van der Waals surface area contributed by atoms with Crippen molar-refractivity contribution in [1.82, 2.24) is 10.2 Å². The maximum absolute atomic E-state index is 12.5. The molecule has 7 heteroatoms. The van der Waals surface area contributed by atoms with Gasteiger partial charge in [-0.3, -0.25) is 4.79 Å². The van der Waals surface area contributed by atoms with Crippen molar-refractivity contribution in [3.63, 3.8) is 0 Å². The van der Waals surface area contributed by atoms with E-state index in [0.717, 1.165) is 12.8 Å². The summed E-state index contributed by atoms with van der Waals surface area (Å²) in [6.07, 6.45) is 1.32. The Morgan fingerprint density at radius 1 is 1.24 bits per heavy atom. The molecule has 136 valence electrons. The van der Waals surface area contributed by atoms with Crippen LogP contribution in [0.25, 0.3) is 0 Å². The van der Waals surface area contributed by atoms with Crippen LogP contribution in [-0.2, 0) is 4.74 Å². The fourth-order valence-electron chi connectivity index (χ4n) is 2.89. The summed E-state index contributed by atoms with van der Waals surface area (Å²) in [4.78, 5) is 26.3. The second-order valence-electron chi connectivity index (χ2n) is 7.31. The van der Waals surface area contributed by atoms with Gasteiger partial charge >= 0.3 is 6.09 Å². The van der Waals surface area contributed by atoms with Crippen LogP contribution in [-0.4, -0.2) is 48.4 Å². The van der Waals surface area contributed by atoms with Gasteiger partial charge in [0.25, 0.3) is 5.91 Å². The van der Waals surface area contributed by atoms with Crippen molar-refractivity contribution in [3.8, 4) is 11.5 Å². The average molecular weight is 348 g/mol. The summed E-state index contributed by atoms with van der Waals surface area (Å²) in [5.74, 6) is 1.03. The van der Waals surface area contributed by atoms with Gasteiger partial charge in [-0.15, -0.1) is 0 Å². The first kappa shape index (κ1) is 17.4. The van der Waals surface area contributed by atoms with E-state index in [2.05, 4.69) is 5.32 Å². The minimum atomic E-state index is -0.528. The largest absolute Gasteiger partial charge is 0.454 e. The lowest BCUT2D eigenvalue weighted by Gasteiger charge is -2.34. The van der Waals surface area contributed by atoms with Crippen molar-refractivity contribution in [3.05, 3.63) is 23.8 Å². The number of hydrogen-bond donors (Lipinski definition) is 1. The number of piperidine rings is 1. The normalized spacial score (nSPS) is 19.5. The Balaban J connectivity index is 1.59. The third-order valence-corrected chi connectivity index (χ3v) is 4.04. The van der Waals surface area contributed by atoms with Crippen LogP contribution in [0.4, 0.5) is 4.79 Å². The molecule has 7 nitrogen and oxygen atoms in total. The molecular formula is C18H24N2O5. The van der Waals surface area contributed by atoms with Crippen LogP contribution in [0.5, 0.6) is 11.5 Å². The number of nitrogens with one attached hydrogen (secondary N) is 1. The van der Waals surface area contributed by atoms with Gasteiger partial charge in [0.1, 0.15) is 5.60 Å². The topological polar surface area (TPSA) is 77.1 Å². The maximum atomic E-state index is 12.5. The highest BCUT2D eigenvalue weighted by atomic mass is 16.7. The number of ether oxygens (including phenoxy) is 3. The Morgan fingerprint density at radius 2 is 2.00 bits per heavy atom. The van der Waals surface area contributed by atoms with E-state index < -0.39 is 5.60 Å². The second kappa shape index (κ2) is 6.82. The number of rotatable bonds is 2. The first-order chi connectivity index (χ1) is 11.8. The zero-order valence-electron chi connectivity index (χ0n) is 14.8. The van der Waals surface area contributed by atoms with Gasteiger partial charge < -0.3 is 24.4 Å².